The maximum Gasteiger partial charge on any atom is 0.230 e. The van der Waals surface area contributed by atoms with Crippen LogP contribution in [0.5, 0.6) is 0 Å². The molecule has 0 aliphatic rings. The van der Waals surface area contributed by atoms with Gasteiger partial charge >= 0.3 is 0 Å². The van der Waals surface area contributed by atoms with Crippen molar-refractivity contribution >= 4 is 17.7 Å². The van der Waals surface area contributed by atoms with E-state index >= 15 is 0 Å². The van der Waals surface area contributed by atoms with E-state index in [0.717, 1.165) is 5.56 Å². The molecule has 0 fully saturated rings. The molecule has 0 saturated heterocycles. The molecule has 1 rings (SSSR count). The SMILES string of the molecule is O=C(CSCCO)NCCc1ccc(F)cc1. The third kappa shape index (κ3) is 6.28. The van der Waals surface area contributed by atoms with Gasteiger partial charge in [0.15, 0.2) is 0 Å². The Bertz CT molecular complexity index is 343. The highest BCUT2D eigenvalue weighted by atomic mass is 32.2. The second-order valence-electron chi connectivity index (χ2n) is 3.50. The van der Waals surface area contributed by atoms with Gasteiger partial charge in [-0.2, -0.15) is 0 Å². The second-order valence-corrected chi connectivity index (χ2v) is 4.61. The number of rotatable bonds is 7. The largest absolute Gasteiger partial charge is 0.396 e. The van der Waals surface area contributed by atoms with E-state index in [0.29, 0.717) is 24.5 Å². The van der Waals surface area contributed by atoms with Gasteiger partial charge < -0.3 is 10.4 Å². The van der Waals surface area contributed by atoms with Gasteiger partial charge in [-0.1, -0.05) is 12.1 Å². The molecule has 1 amide bonds. The fourth-order valence-electron chi connectivity index (χ4n) is 1.28. The third-order valence-electron chi connectivity index (χ3n) is 2.12. The average molecular weight is 257 g/mol. The van der Waals surface area contributed by atoms with Crippen molar-refractivity contribution in [3.8, 4) is 0 Å². The number of halogens is 1. The minimum Gasteiger partial charge on any atom is -0.396 e. The van der Waals surface area contributed by atoms with Crippen LogP contribution in [0.3, 0.4) is 0 Å². The Morgan fingerprint density at radius 2 is 2.06 bits per heavy atom. The molecule has 0 aliphatic heterocycles. The molecule has 0 unspecified atom stereocenters. The molecule has 0 bridgehead atoms. The van der Waals surface area contributed by atoms with E-state index in [1.54, 1.807) is 12.1 Å². The molecule has 94 valence electrons. The standard InChI is InChI=1S/C12H16FNO2S/c13-11-3-1-10(2-4-11)5-6-14-12(16)9-17-8-7-15/h1-4,15H,5-9H2,(H,14,16). The number of amides is 1. The normalized spacial score (nSPS) is 10.2. The fourth-order valence-corrected chi connectivity index (χ4v) is 1.84. The Balaban J connectivity index is 2.14. The van der Waals surface area contributed by atoms with Gasteiger partial charge in [-0.15, -0.1) is 11.8 Å². The molecule has 1 aromatic carbocycles. The summed E-state index contributed by atoms with van der Waals surface area (Å²) in [5, 5.41) is 11.3. The van der Waals surface area contributed by atoms with Gasteiger partial charge in [0.05, 0.1) is 12.4 Å². The monoisotopic (exact) mass is 257 g/mol. The van der Waals surface area contributed by atoms with Crippen LogP contribution in [-0.2, 0) is 11.2 Å². The molecule has 0 aromatic heterocycles. The van der Waals surface area contributed by atoms with Gasteiger partial charge in [0.25, 0.3) is 0 Å². The van der Waals surface area contributed by atoms with Gasteiger partial charge in [-0.05, 0) is 24.1 Å². The molecule has 0 aliphatic carbocycles. The highest BCUT2D eigenvalue weighted by molar-refractivity contribution is 7.99. The zero-order valence-electron chi connectivity index (χ0n) is 9.49. The lowest BCUT2D eigenvalue weighted by Crippen LogP contribution is -2.27. The lowest BCUT2D eigenvalue weighted by atomic mass is 10.1. The quantitative estimate of drug-likeness (QED) is 0.722. The maximum absolute atomic E-state index is 12.6. The zero-order chi connectivity index (χ0) is 12.5. The first-order valence-electron chi connectivity index (χ1n) is 5.42. The van der Waals surface area contributed by atoms with Crippen LogP contribution in [0, 0.1) is 5.82 Å². The fraction of sp³-hybridized carbons (Fsp3) is 0.417. The van der Waals surface area contributed by atoms with Crippen molar-refractivity contribution in [2.75, 3.05) is 24.7 Å². The molecule has 0 atom stereocenters. The Morgan fingerprint density at radius 1 is 1.35 bits per heavy atom. The first-order chi connectivity index (χ1) is 8.22. The predicted molar refractivity (Wildman–Crippen MR) is 67.5 cm³/mol. The first kappa shape index (κ1) is 14.0. The Morgan fingerprint density at radius 3 is 2.71 bits per heavy atom. The summed E-state index contributed by atoms with van der Waals surface area (Å²) in [6, 6.07) is 6.24. The number of aliphatic hydroxyl groups is 1. The molecular weight excluding hydrogens is 241 g/mol. The van der Waals surface area contributed by atoms with E-state index in [2.05, 4.69) is 5.32 Å². The molecule has 3 nitrogen and oxygen atoms in total. The Kier molecular flexibility index (Phi) is 6.65. The highest BCUT2D eigenvalue weighted by Crippen LogP contribution is 2.03. The van der Waals surface area contributed by atoms with Crippen LogP contribution in [0.25, 0.3) is 0 Å². The molecule has 0 heterocycles. The summed E-state index contributed by atoms with van der Waals surface area (Å²) in [5.74, 6) is 0.652. The van der Waals surface area contributed by atoms with Crippen LogP contribution in [0.2, 0.25) is 0 Å². The van der Waals surface area contributed by atoms with Crippen LogP contribution in [0.1, 0.15) is 5.56 Å². The van der Waals surface area contributed by atoms with Crippen molar-refractivity contribution in [2.24, 2.45) is 0 Å². The van der Waals surface area contributed by atoms with Crippen molar-refractivity contribution in [2.45, 2.75) is 6.42 Å². The Labute approximate surface area is 104 Å². The average Bonchev–Trinajstić information content (AvgIpc) is 2.32. The van der Waals surface area contributed by atoms with Crippen LogP contribution in [0.4, 0.5) is 4.39 Å². The summed E-state index contributed by atoms with van der Waals surface area (Å²) in [4.78, 5) is 11.3. The predicted octanol–water partition coefficient (Wildman–Crippen LogP) is 1.21. The molecular formula is C12H16FNO2S. The number of carbonyl (C=O) groups excluding carboxylic acids is 1. The number of aliphatic hydroxyl groups excluding tert-OH is 1. The summed E-state index contributed by atoms with van der Waals surface area (Å²) in [6.07, 6.45) is 0.691. The van der Waals surface area contributed by atoms with E-state index in [-0.39, 0.29) is 18.3 Å². The van der Waals surface area contributed by atoms with E-state index in [1.807, 2.05) is 0 Å². The molecule has 0 spiro atoms. The van der Waals surface area contributed by atoms with Gasteiger partial charge in [0.1, 0.15) is 5.82 Å². The molecule has 5 heteroatoms. The van der Waals surface area contributed by atoms with Crippen molar-refractivity contribution < 1.29 is 14.3 Å². The summed E-state index contributed by atoms with van der Waals surface area (Å²) in [6.45, 7) is 0.637. The first-order valence-corrected chi connectivity index (χ1v) is 6.57. The Hall–Kier alpha value is -1.07. The summed E-state index contributed by atoms with van der Waals surface area (Å²) < 4.78 is 12.6. The maximum atomic E-state index is 12.6. The van der Waals surface area contributed by atoms with Crippen LogP contribution in [-0.4, -0.2) is 35.7 Å². The molecule has 0 radical (unpaired) electrons. The number of nitrogens with one attached hydrogen (secondary N) is 1. The van der Waals surface area contributed by atoms with Gasteiger partial charge in [-0.25, -0.2) is 4.39 Å². The van der Waals surface area contributed by atoms with E-state index in [4.69, 9.17) is 5.11 Å². The van der Waals surface area contributed by atoms with Crippen molar-refractivity contribution in [1.82, 2.24) is 5.32 Å². The van der Waals surface area contributed by atoms with E-state index in [9.17, 15) is 9.18 Å². The number of carbonyl (C=O) groups is 1. The molecule has 1 aromatic rings. The van der Waals surface area contributed by atoms with E-state index in [1.165, 1.54) is 23.9 Å². The van der Waals surface area contributed by atoms with E-state index < -0.39 is 0 Å². The third-order valence-corrected chi connectivity index (χ3v) is 3.06. The minimum absolute atomic E-state index is 0.0365. The van der Waals surface area contributed by atoms with Gasteiger partial charge in [0, 0.05) is 12.3 Å². The lowest BCUT2D eigenvalue weighted by molar-refractivity contribution is -0.118. The summed E-state index contributed by atoms with van der Waals surface area (Å²) in [5.41, 5.74) is 0.995. The summed E-state index contributed by atoms with van der Waals surface area (Å²) >= 11 is 1.40. The highest BCUT2D eigenvalue weighted by Gasteiger charge is 2.00. The summed E-state index contributed by atoms with van der Waals surface area (Å²) in [7, 11) is 0. The number of hydrogen-bond donors (Lipinski definition) is 2. The molecule has 17 heavy (non-hydrogen) atoms. The van der Waals surface area contributed by atoms with Crippen LogP contribution in [0.15, 0.2) is 24.3 Å². The number of benzene rings is 1. The topological polar surface area (TPSA) is 49.3 Å². The molecule has 2 N–H and O–H groups in total. The van der Waals surface area contributed by atoms with Crippen molar-refractivity contribution in [3.05, 3.63) is 35.6 Å². The second kappa shape index (κ2) is 8.08. The lowest BCUT2D eigenvalue weighted by Gasteiger charge is -2.05. The minimum atomic E-state index is -0.252. The van der Waals surface area contributed by atoms with Gasteiger partial charge in [0.2, 0.25) is 5.91 Å². The zero-order valence-corrected chi connectivity index (χ0v) is 10.3. The number of thioether (sulfide) groups is 1. The molecule has 0 saturated carbocycles. The van der Waals surface area contributed by atoms with Crippen LogP contribution < -0.4 is 5.32 Å². The number of hydrogen-bond acceptors (Lipinski definition) is 3. The van der Waals surface area contributed by atoms with Gasteiger partial charge in [-0.3, -0.25) is 4.79 Å². The van der Waals surface area contributed by atoms with Crippen molar-refractivity contribution in [3.63, 3.8) is 0 Å². The van der Waals surface area contributed by atoms with Crippen molar-refractivity contribution in [1.29, 1.82) is 0 Å². The van der Waals surface area contributed by atoms with Crippen LogP contribution >= 0.6 is 11.8 Å². The smallest absolute Gasteiger partial charge is 0.230 e.